The Labute approximate surface area is 315 Å². The fourth-order valence-electron chi connectivity index (χ4n) is 6.53. The first kappa shape index (κ1) is 39.3. The number of carbonyl (C=O) groups is 2. The molecule has 3 aliphatic rings. The van der Waals surface area contributed by atoms with Gasteiger partial charge in [-0.15, -0.1) is 0 Å². The molecule has 290 valence electrons. The van der Waals surface area contributed by atoms with E-state index in [0.717, 1.165) is 18.1 Å². The lowest BCUT2D eigenvalue weighted by Gasteiger charge is -2.51. The Hall–Kier alpha value is -5.42. The number of nitrogens with zero attached hydrogens (tertiary/aromatic N) is 6. The minimum Gasteiger partial charge on any atom is -0.497 e. The van der Waals surface area contributed by atoms with E-state index in [1.807, 2.05) is 60.7 Å². The number of rotatable bonds is 14. The van der Waals surface area contributed by atoms with E-state index in [1.54, 1.807) is 31.4 Å². The van der Waals surface area contributed by atoms with Crippen LogP contribution >= 0.6 is 0 Å². The van der Waals surface area contributed by atoms with Crippen molar-refractivity contribution in [3.8, 4) is 11.5 Å². The Bertz CT molecular complexity index is 1830. The molecule has 55 heavy (non-hydrogen) atoms. The van der Waals surface area contributed by atoms with E-state index >= 15 is 0 Å². The zero-order valence-corrected chi connectivity index (χ0v) is 30.1. The molecule has 0 amide bonds. The standard InChI is InChI=1S/C37H40N6O12/c1-21(44)47-19-27-31(50-22(2)45)29(40-42-38)30(41-43-39)36(52-27)55-33-32-28(20-49-35(54-32)24-12-8-5-9-13-24)53-37(51-26-16-14-25(46-3)15-17-26)34(33)48-18-23-10-6-4-7-11-23/h4-17,27-37H,18-20H2,1-3H3/t27-,28-,29-,30+,31-,32+,33+,34-,35+,36-,37-/m1/s1. The smallest absolute Gasteiger partial charge is 0.303 e. The average Bonchev–Trinajstić information content (AvgIpc) is 3.19. The monoisotopic (exact) mass is 760 g/mol. The molecule has 3 aliphatic heterocycles. The van der Waals surface area contributed by atoms with Crippen LogP contribution in [-0.4, -0.2) is 93.5 Å². The molecule has 6 rings (SSSR count). The second-order valence-corrected chi connectivity index (χ2v) is 12.7. The Kier molecular flexibility index (Phi) is 13.4. The molecule has 3 aromatic rings. The molecular formula is C37H40N6O12. The quantitative estimate of drug-likeness (QED) is 0.0864. The Morgan fingerprint density at radius 1 is 0.782 bits per heavy atom. The van der Waals surface area contributed by atoms with Gasteiger partial charge in [-0.05, 0) is 40.9 Å². The van der Waals surface area contributed by atoms with Gasteiger partial charge in [-0.3, -0.25) is 9.59 Å². The van der Waals surface area contributed by atoms with Crippen LogP contribution in [-0.2, 0) is 54.1 Å². The molecule has 11 atom stereocenters. The molecule has 0 aromatic heterocycles. The van der Waals surface area contributed by atoms with Gasteiger partial charge in [-0.2, -0.15) is 0 Å². The first-order valence-electron chi connectivity index (χ1n) is 17.4. The van der Waals surface area contributed by atoms with E-state index in [1.165, 1.54) is 6.92 Å². The number of esters is 2. The van der Waals surface area contributed by atoms with Gasteiger partial charge in [0, 0.05) is 29.2 Å². The van der Waals surface area contributed by atoms with Gasteiger partial charge in [-0.25, -0.2) is 0 Å². The van der Waals surface area contributed by atoms with Gasteiger partial charge in [0.1, 0.15) is 60.8 Å². The minimum absolute atomic E-state index is 0.0498. The molecule has 0 radical (unpaired) electrons. The average molecular weight is 761 g/mol. The Morgan fingerprint density at radius 3 is 2.11 bits per heavy atom. The van der Waals surface area contributed by atoms with Crippen LogP contribution < -0.4 is 9.47 Å². The van der Waals surface area contributed by atoms with Gasteiger partial charge in [0.2, 0.25) is 6.29 Å². The van der Waals surface area contributed by atoms with Crippen molar-refractivity contribution in [1.82, 2.24) is 0 Å². The predicted octanol–water partition coefficient (Wildman–Crippen LogP) is 5.46. The number of azide groups is 2. The van der Waals surface area contributed by atoms with E-state index < -0.39 is 86.1 Å². The third-order valence-corrected chi connectivity index (χ3v) is 9.01. The van der Waals surface area contributed by atoms with Crippen molar-refractivity contribution >= 4 is 11.9 Å². The van der Waals surface area contributed by atoms with Gasteiger partial charge >= 0.3 is 11.9 Å². The van der Waals surface area contributed by atoms with Gasteiger partial charge in [-0.1, -0.05) is 70.9 Å². The number of carbonyl (C=O) groups excluding carboxylic acids is 2. The van der Waals surface area contributed by atoms with Crippen LogP contribution in [0.1, 0.15) is 31.3 Å². The summed E-state index contributed by atoms with van der Waals surface area (Å²) in [5.74, 6) is -0.366. The second kappa shape index (κ2) is 18.8. The molecule has 0 unspecified atom stereocenters. The first-order valence-corrected chi connectivity index (χ1v) is 17.4. The van der Waals surface area contributed by atoms with Crippen LogP contribution in [0.2, 0.25) is 0 Å². The summed E-state index contributed by atoms with van der Waals surface area (Å²) in [5.41, 5.74) is 20.9. The van der Waals surface area contributed by atoms with Crippen molar-refractivity contribution in [3.05, 3.63) is 117 Å². The largest absolute Gasteiger partial charge is 0.497 e. The summed E-state index contributed by atoms with van der Waals surface area (Å²) in [7, 11) is 1.55. The molecule has 0 spiro atoms. The highest BCUT2D eigenvalue weighted by molar-refractivity contribution is 5.66. The van der Waals surface area contributed by atoms with E-state index in [9.17, 15) is 20.7 Å². The molecule has 18 nitrogen and oxygen atoms in total. The highest BCUT2D eigenvalue weighted by atomic mass is 16.8. The molecule has 18 heteroatoms. The molecule has 3 saturated heterocycles. The second-order valence-electron chi connectivity index (χ2n) is 12.7. The maximum absolute atomic E-state index is 12.2. The lowest BCUT2D eigenvalue weighted by Crippen LogP contribution is -2.67. The van der Waals surface area contributed by atoms with Gasteiger partial charge < -0.3 is 47.4 Å². The van der Waals surface area contributed by atoms with Crippen molar-refractivity contribution in [2.45, 2.75) is 88.0 Å². The van der Waals surface area contributed by atoms with Crippen molar-refractivity contribution in [3.63, 3.8) is 0 Å². The third-order valence-electron chi connectivity index (χ3n) is 9.01. The third kappa shape index (κ3) is 9.82. The van der Waals surface area contributed by atoms with Gasteiger partial charge in [0.05, 0.1) is 26.4 Å². The normalized spacial score (nSPS) is 30.0. The molecule has 0 saturated carbocycles. The van der Waals surface area contributed by atoms with Crippen molar-refractivity contribution in [2.75, 3.05) is 20.3 Å². The van der Waals surface area contributed by atoms with E-state index in [-0.39, 0.29) is 13.2 Å². The molecular weight excluding hydrogens is 720 g/mol. The zero-order chi connectivity index (χ0) is 38.7. The summed E-state index contributed by atoms with van der Waals surface area (Å²) in [6.07, 6.45) is -9.92. The van der Waals surface area contributed by atoms with Crippen molar-refractivity contribution < 1.29 is 57.0 Å². The molecule has 3 fully saturated rings. The summed E-state index contributed by atoms with van der Waals surface area (Å²) < 4.78 is 61.4. The molecule has 3 aromatic carbocycles. The number of fused-ring (bicyclic) bond motifs is 1. The Morgan fingerprint density at radius 2 is 1.45 bits per heavy atom. The lowest BCUT2D eigenvalue weighted by atomic mass is 9.93. The zero-order valence-electron chi connectivity index (χ0n) is 30.1. The van der Waals surface area contributed by atoms with Crippen LogP contribution in [0.4, 0.5) is 0 Å². The topological polar surface area (TPSA) is 224 Å². The van der Waals surface area contributed by atoms with Crippen LogP contribution in [0.25, 0.3) is 20.9 Å². The highest BCUT2D eigenvalue weighted by Gasteiger charge is 2.56. The van der Waals surface area contributed by atoms with E-state index in [0.29, 0.717) is 11.5 Å². The van der Waals surface area contributed by atoms with Crippen LogP contribution in [0.5, 0.6) is 11.5 Å². The highest BCUT2D eigenvalue weighted by Crippen LogP contribution is 2.40. The molecule has 0 aliphatic carbocycles. The number of hydrogen-bond donors (Lipinski definition) is 0. The van der Waals surface area contributed by atoms with E-state index in [2.05, 4.69) is 20.1 Å². The SMILES string of the molecule is COc1ccc(O[C@@H]2O[C@@H]3CO[C@H](c4ccccc4)O[C@@H]3[C@H](O[C@H]3O[C@H](COC(C)=O)[C@@H](OC(C)=O)[C@H](N=[N+]=[N-])[C@@H]3N=[N+]=[N-])[C@H]2OCc2ccccc2)cc1. The van der Waals surface area contributed by atoms with Crippen molar-refractivity contribution in [2.24, 2.45) is 10.2 Å². The lowest BCUT2D eigenvalue weighted by molar-refractivity contribution is -0.380. The molecule has 3 heterocycles. The number of ether oxygens (including phenoxy) is 10. The summed E-state index contributed by atoms with van der Waals surface area (Å²) in [6, 6.07) is 22.8. The van der Waals surface area contributed by atoms with Crippen molar-refractivity contribution in [1.29, 1.82) is 0 Å². The minimum atomic E-state index is -1.51. The number of benzene rings is 3. The van der Waals surface area contributed by atoms with Gasteiger partial charge in [0.15, 0.2) is 12.6 Å². The van der Waals surface area contributed by atoms with E-state index in [4.69, 9.17) is 47.4 Å². The number of hydrogen-bond acceptors (Lipinski definition) is 14. The van der Waals surface area contributed by atoms with Crippen LogP contribution in [0.3, 0.4) is 0 Å². The summed E-state index contributed by atoms with van der Waals surface area (Å²) >= 11 is 0. The number of methoxy groups -OCH3 is 1. The fourth-order valence-corrected chi connectivity index (χ4v) is 6.53. The van der Waals surface area contributed by atoms with Crippen LogP contribution in [0.15, 0.2) is 95.2 Å². The predicted molar refractivity (Wildman–Crippen MR) is 189 cm³/mol. The first-order chi connectivity index (χ1) is 26.8. The Balaban J connectivity index is 1.41. The summed E-state index contributed by atoms with van der Waals surface area (Å²) in [4.78, 5) is 30.0. The fraction of sp³-hybridized carbons (Fsp3) is 0.459. The van der Waals surface area contributed by atoms with Gasteiger partial charge in [0.25, 0.3) is 0 Å². The summed E-state index contributed by atoms with van der Waals surface area (Å²) in [6.45, 7) is 2.05. The maximum atomic E-state index is 12.2. The maximum Gasteiger partial charge on any atom is 0.303 e. The molecule has 0 bridgehead atoms. The summed E-state index contributed by atoms with van der Waals surface area (Å²) in [5, 5.41) is 7.74. The van der Waals surface area contributed by atoms with Crippen LogP contribution in [0, 0.1) is 0 Å². The molecule has 0 N–H and O–H groups in total.